The van der Waals surface area contributed by atoms with Gasteiger partial charge in [0, 0.05) is 19.3 Å². The molecule has 0 amide bonds. The van der Waals surface area contributed by atoms with E-state index in [0.717, 1.165) is 6.42 Å². The first-order valence-corrected chi connectivity index (χ1v) is 5.79. The van der Waals surface area contributed by atoms with Crippen LogP contribution in [0.4, 0.5) is 0 Å². The van der Waals surface area contributed by atoms with Crippen LogP contribution in [0.5, 0.6) is 0 Å². The van der Waals surface area contributed by atoms with E-state index in [1.807, 2.05) is 6.92 Å². The van der Waals surface area contributed by atoms with Gasteiger partial charge in [-0.15, -0.1) is 10.2 Å². The molecule has 1 aromatic rings. The van der Waals surface area contributed by atoms with Crippen LogP contribution < -0.4 is 0 Å². The topological polar surface area (TPSA) is 76.2 Å². The van der Waals surface area contributed by atoms with E-state index in [4.69, 9.17) is 9.52 Å². The fourth-order valence-electron chi connectivity index (χ4n) is 1.56. The molecule has 0 saturated heterocycles. The third kappa shape index (κ3) is 5.47. The summed E-state index contributed by atoms with van der Waals surface area (Å²) >= 11 is 0. The van der Waals surface area contributed by atoms with Gasteiger partial charge in [-0.1, -0.05) is 27.7 Å². The number of carbonyl (C=O) groups is 1. The largest absolute Gasteiger partial charge is 0.481 e. The monoisotopic (exact) mass is 240 g/mol. The summed E-state index contributed by atoms with van der Waals surface area (Å²) in [6, 6.07) is 0. The van der Waals surface area contributed by atoms with E-state index in [1.165, 1.54) is 0 Å². The molecular weight excluding hydrogens is 220 g/mol. The minimum atomic E-state index is -0.799. The van der Waals surface area contributed by atoms with Crippen molar-refractivity contribution < 1.29 is 14.3 Å². The van der Waals surface area contributed by atoms with E-state index in [9.17, 15) is 4.79 Å². The molecule has 0 fully saturated rings. The van der Waals surface area contributed by atoms with Crippen LogP contribution in [0.3, 0.4) is 0 Å². The van der Waals surface area contributed by atoms with E-state index < -0.39 is 5.97 Å². The Labute approximate surface area is 101 Å². The molecule has 0 aliphatic carbocycles. The van der Waals surface area contributed by atoms with E-state index in [2.05, 4.69) is 31.0 Å². The van der Waals surface area contributed by atoms with Crippen molar-refractivity contribution >= 4 is 5.97 Å². The molecule has 17 heavy (non-hydrogen) atoms. The molecule has 1 N–H and O–H groups in total. The SMILES string of the molecule is CC(CC(=O)O)Cc1nnc(CC(C)(C)C)o1. The molecule has 0 aliphatic heterocycles. The number of hydrogen-bond donors (Lipinski definition) is 1. The number of hydrogen-bond acceptors (Lipinski definition) is 4. The standard InChI is InChI=1S/C12H20N2O3/c1-8(6-11(15)16)5-9-13-14-10(17-9)7-12(2,3)4/h8H,5-7H2,1-4H3,(H,15,16). The molecule has 96 valence electrons. The van der Waals surface area contributed by atoms with Crippen molar-refractivity contribution in [3.63, 3.8) is 0 Å². The van der Waals surface area contributed by atoms with Gasteiger partial charge in [0.25, 0.3) is 0 Å². The zero-order valence-electron chi connectivity index (χ0n) is 10.9. The lowest BCUT2D eigenvalue weighted by molar-refractivity contribution is -0.137. The molecule has 1 atom stereocenters. The van der Waals surface area contributed by atoms with Crippen LogP contribution in [0, 0.1) is 11.3 Å². The Morgan fingerprint density at radius 2 is 1.94 bits per heavy atom. The van der Waals surface area contributed by atoms with Gasteiger partial charge in [0.1, 0.15) is 0 Å². The molecule has 1 unspecified atom stereocenters. The Kier molecular flexibility index (Phi) is 4.26. The van der Waals surface area contributed by atoms with Gasteiger partial charge >= 0.3 is 5.97 Å². The highest BCUT2D eigenvalue weighted by Crippen LogP contribution is 2.20. The highest BCUT2D eigenvalue weighted by Gasteiger charge is 2.18. The minimum Gasteiger partial charge on any atom is -0.481 e. The van der Waals surface area contributed by atoms with E-state index in [1.54, 1.807) is 0 Å². The lowest BCUT2D eigenvalue weighted by Gasteiger charge is -2.14. The van der Waals surface area contributed by atoms with Gasteiger partial charge in [-0.25, -0.2) is 0 Å². The molecular formula is C12H20N2O3. The van der Waals surface area contributed by atoms with Gasteiger partial charge < -0.3 is 9.52 Å². The van der Waals surface area contributed by atoms with Gasteiger partial charge in [-0.05, 0) is 11.3 Å². The Morgan fingerprint density at radius 3 is 2.47 bits per heavy atom. The minimum absolute atomic E-state index is 0.00966. The zero-order valence-corrected chi connectivity index (χ0v) is 10.9. The van der Waals surface area contributed by atoms with Gasteiger partial charge in [0.2, 0.25) is 11.8 Å². The molecule has 0 aromatic carbocycles. The zero-order chi connectivity index (χ0) is 13.1. The summed E-state index contributed by atoms with van der Waals surface area (Å²) in [5.41, 5.74) is 0.108. The molecule has 1 aromatic heterocycles. The Morgan fingerprint density at radius 1 is 1.35 bits per heavy atom. The van der Waals surface area contributed by atoms with Crippen LogP contribution in [0.15, 0.2) is 4.42 Å². The second kappa shape index (κ2) is 5.29. The third-order valence-electron chi connectivity index (χ3n) is 2.24. The molecule has 1 heterocycles. The predicted octanol–water partition coefficient (Wildman–Crippen LogP) is 2.31. The Bertz CT molecular complexity index is 379. The fraction of sp³-hybridized carbons (Fsp3) is 0.750. The van der Waals surface area contributed by atoms with Crippen molar-refractivity contribution in [2.45, 2.75) is 47.0 Å². The molecule has 0 radical (unpaired) electrons. The van der Waals surface area contributed by atoms with Crippen LogP contribution in [0.2, 0.25) is 0 Å². The average molecular weight is 240 g/mol. The number of nitrogens with zero attached hydrogens (tertiary/aromatic N) is 2. The van der Waals surface area contributed by atoms with Crippen LogP contribution in [0.25, 0.3) is 0 Å². The summed E-state index contributed by atoms with van der Waals surface area (Å²) < 4.78 is 5.50. The third-order valence-corrected chi connectivity index (χ3v) is 2.24. The number of carboxylic acid groups (broad SMARTS) is 1. The lowest BCUT2D eigenvalue weighted by Crippen LogP contribution is -2.09. The van der Waals surface area contributed by atoms with Crippen molar-refractivity contribution in [2.24, 2.45) is 11.3 Å². The lowest BCUT2D eigenvalue weighted by atomic mass is 9.92. The summed E-state index contributed by atoms with van der Waals surface area (Å²) in [4.78, 5) is 10.5. The summed E-state index contributed by atoms with van der Waals surface area (Å²) in [5.74, 6) is 0.357. The van der Waals surface area contributed by atoms with Crippen LogP contribution in [0.1, 0.15) is 45.9 Å². The van der Waals surface area contributed by atoms with Gasteiger partial charge in [0.15, 0.2) is 0 Å². The van der Waals surface area contributed by atoms with E-state index >= 15 is 0 Å². The molecule has 5 nitrogen and oxygen atoms in total. The second-order valence-electron chi connectivity index (χ2n) is 5.73. The fourth-order valence-corrected chi connectivity index (χ4v) is 1.56. The van der Waals surface area contributed by atoms with Crippen molar-refractivity contribution in [3.8, 4) is 0 Å². The van der Waals surface area contributed by atoms with Gasteiger partial charge in [-0.3, -0.25) is 4.79 Å². The number of carboxylic acids is 1. The average Bonchev–Trinajstić information content (AvgIpc) is 2.46. The molecule has 0 bridgehead atoms. The molecule has 0 saturated carbocycles. The highest BCUT2D eigenvalue weighted by molar-refractivity contribution is 5.66. The maximum atomic E-state index is 10.5. The molecule has 0 aliphatic rings. The number of rotatable bonds is 5. The van der Waals surface area contributed by atoms with Crippen molar-refractivity contribution in [1.82, 2.24) is 10.2 Å². The maximum Gasteiger partial charge on any atom is 0.303 e. The molecule has 1 rings (SSSR count). The van der Waals surface area contributed by atoms with Crippen LogP contribution in [-0.4, -0.2) is 21.3 Å². The first-order valence-electron chi connectivity index (χ1n) is 5.79. The van der Waals surface area contributed by atoms with Gasteiger partial charge in [-0.2, -0.15) is 0 Å². The molecule has 5 heteroatoms. The van der Waals surface area contributed by atoms with E-state index in [0.29, 0.717) is 18.2 Å². The predicted molar refractivity (Wildman–Crippen MR) is 62.6 cm³/mol. The van der Waals surface area contributed by atoms with Crippen molar-refractivity contribution in [1.29, 1.82) is 0 Å². The number of aromatic nitrogens is 2. The first-order chi connectivity index (χ1) is 7.76. The molecule has 0 spiro atoms. The quantitative estimate of drug-likeness (QED) is 0.854. The van der Waals surface area contributed by atoms with Crippen LogP contribution >= 0.6 is 0 Å². The Hall–Kier alpha value is -1.39. The first kappa shape index (κ1) is 13.7. The normalized spacial score (nSPS) is 13.6. The smallest absolute Gasteiger partial charge is 0.303 e. The summed E-state index contributed by atoms with van der Waals surface area (Å²) in [6.45, 7) is 8.17. The summed E-state index contributed by atoms with van der Waals surface area (Å²) in [5, 5.41) is 16.6. The second-order valence-corrected chi connectivity index (χ2v) is 5.73. The van der Waals surface area contributed by atoms with Crippen molar-refractivity contribution in [2.75, 3.05) is 0 Å². The van der Waals surface area contributed by atoms with Crippen molar-refractivity contribution in [3.05, 3.63) is 11.8 Å². The summed E-state index contributed by atoms with van der Waals surface area (Å²) in [6.07, 6.45) is 1.37. The Balaban J connectivity index is 2.54. The van der Waals surface area contributed by atoms with E-state index in [-0.39, 0.29) is 17.8 Å². The van der Waals surface area contributed by atoms with Gasteiger partial charge in [0.05, 0.1) is 0 Å². The van der Waals surface area contributed by atoms with Crippen LogP contribution in [-0.2, 0) is 17.6 Å². The maximum absolute atomic E-state index is 10.5. The highest BCUT2D eigenvalue weighted by atomic mass is 16.4. The summed E-state index contributed by atoms with van der Waals surface area (Å²) in [7, 11) is 0. The number of aliphatic carboxylic acids is 1.